The lowest BCUT2D eigenvalue weighted by Gasteiger charge is -2.11. The number of hydrazine groups is 1. The Bertz CT molecular complexity index is 141. The largest absolute Gasteiger partial charge is 0.334 e. The number of likely N-dealkylation sites (N-methyl/N-ethyl adjacent to an activating group) is 1. The summed E-state index contributed by atoms with van der Waals surface area (Å²) in [5.41, 5.74) is 0. The van der Waals surface area contributed by atoms with Gasteiger partial charge in [-0.15, -0.1) is 12.4 Å². The molecule has 1 rings (SSSR count). The average Bonchev–Trinajstić information content (AvgIpc) is 1.98. The van der Waals surface area contributed by atoms with Crippen LogP contribution in [0.3, 0.4) is 0 Å². The molecule has 0 aromatic rings. The number of urea groups is 1. The minimum Gasteiger partial charge on any atom is -0.322 e. The Kier molecular flexibility index (Phi) is 2.93. The van der Waals surface area contributed by atoms with Crippen LogP contribution in [-0.4, -0.2) is 35.6 Å². The molecule has 0 aromatic heterocycles. The summed E-state index contributed by atoms with van der Waals surface area (Å²) in [6.07, 6.45) is 0. The maximum absolute atomic E-state index is 10.8. The second-order valence-corrected chi connectivity index (χ2v) is 2.39. The molecule has 1 aliphatic heterocycles. The van der Waals surface area contributed by atoms with E-state index >= 15 is 0 Å². The van der Waals surface area contributed by atoms with E-state index in [9.17, 15) is 4.79 Å². The molecular weight excluding hydrogens is 154 g/mol. The lowest BCUT2D eigenvalue weighted by Crippen LogP contribution is -2.34. The third kappa shape index (κ3) is 1.33. The van der Waals surface area contributed by atoms with Gasteiger partial charge in [0, 0.05) is 13.1 Å². The molecule has 1 aliphatic rings. The number of nitrogens with two attached hydrogens (primary N) is 1. The first-order valence-electron chi connectivity index (χ1n) is 2.92. The van der Waals surface area contributed by atoms with Gasteiger partial charge in [-0.25, -0.2) is 10.6 Å². The molecule has 1 fully saturated rings. The van der Waals surface area contributed by atoms with Crippen LogP contribution >= 0.6 is 12.4 Å². The maximum Gasteiger partial charge on any atom is 0.334 e. The van der Waals surface area contributed by atoms with E-state index in [1.165, 1.54) is 5.01 Å². The summed E-state index contributed by atoms with van der Waals surface area (Å²) in [6.45, 7) is 2.60. The summed E-state index contributed by atoms with van der Waals surface area (Å²) in [5, 5.41) is 1.23. The number of rotatable bonds is 0. The number of amides is 2. The van der Waals surface area contributed by atoms with E-state index in [1.807, 2.05) is 6.92 Å². The Morgan fingerprint density at radius 2 is 2.20 bits per heavy atom. The third-order valence-electron chi connectivity index (χ3n) is 1.67. The molecule has 0 spiro atoms. The van der Waals surface area contributed by atoms with Crippen LogP contribution in [0.25, 0.3) is 0 Å². The van der Waals surface area contributed by atoms with Gasteiger partial charge in [0.25, 0.3) is 0 Å². The number of carbonyl (C=O) groups is 1. The van der Waals surface area contributed by atoms with Gasteiger partial charge < -0.3 is 4.90 Å². The fourth-order valence-corrected chi connectivity index (χ4v) is 0.876. The zero-order valence-electron chi connectivity index (χ0n) is 6.07. The molecule has 0 bridgehead atoms. The highest BCUT2D eigenvalue weighted by Gasteiger charge is 2.28. The second kappa shape index (κ2) is 3.07. The minimum absolute atomic E-state index is 0. The average molecular weight is 166 g/mol. The van der Waals surface area contributed by atoms with Crippen molar-refractivity contribution >= 4 is 18.4 Å². The Morgan fingerprint density at radius 3 is 2.30 bits per heavy atom. The molecule has 60 valence electrons. The highest BCUT2D eigenvalue weighted by atomic mass is 35.5. The topological polar surface area (TPSA) is 49.6 Å². The number of carbonyl (C=O) groups excluding carboxylic acids is 1. The SMILES string of the molecule is CC1CN(N)C(=O)N1C.Cl. The van der Waals surface area contributed by atoms with Crippen molar-refractivity contribution in [3.63, 3.8) is 0 Å². The summed E-state index contributed by atoms with van der Waals surface area (Å²) < 4.78 is 0. The zero-order chi connectivity index (χ0) is 7.02. The first-order chi connectivity index (χ1) is 4.13. The molecular formula is C5H12ClN3O. The Balaban J connectivity index is 0.000000810. The van der Waals surface area contributed by atoms with Gasteiger partial charge in [0.2, 0.25) is 0 Å². The van der Waals surface area contributed by atoms with Crippen molar-refractivity contribution in [2.75, 3.05) is 13.6 Å². The number of hydrogen-bond acceptors (Lipinski definition) is 2. The van der Waals surface area contributed by atoms with Crippen molar-refractivity contribution in [3.8, 4) is 0 Å². The molecule has 0 aromatic carbocycles. The molecule has 1 saturated heterocycles. The van der Waals surface area contributed by atoms with Crippen LogP contribution in [0.2, 0.25) is 0 Å². The smallest absolute Gasteiger partial charge is 0.322 e. The third-order valence-corrected chi connectivity index (χ3v) is 1.67. The summed E-state index contributed by atoms with van der Waals surface area (Å²) >= 11 is 0. The van der Waals surface area contributed by atoms with E-state index in [0.29, 0.717) is 6.54 Å². The van der Waals surface area contributed by atoms with Crippen LogP contribution in [0.1, 0.15) is 6.92 Å². The highest BCUT2D eigenvalue weighted by molar-refractivity contribution is 5.85. The normalized spacial score (nSPS) is 25.1. The van der Waals surface area contributed by atoms with Crippen LogP contribution in [0.5, 0.6) is 0 Å². The predicted octanol–water partition coefficient (Wildman–Crippen LogP) is 0.0378. The lowest BCUT2D eigenvalue weighted by molar-refractivity contribution is 0.197. The molecule has 2 amide bonds. The van der Waals surface area contributed by atoms with Crippen molar-refractivity contribution in [3.05, 3.63) is 0 Å². The fourth-order valence-electron chi connectivity index (χ4n) is 0.876. The van der Waals surface area contributed by atoms with E-state index < -0.39 is 0 Å². The molecule has 4 nitrogen and oxygen atoms in total. The standard InChI is InChI=1S/C5H11N3O.ClH/c1-4-3-8(6)5(9)7(4)2;/h4H,3,6H2,1-2H3;1H. The minimum atomic E-state index is -0.0949. The number of nitrogens with zero attached hydrogens (tertiary/aromatic N) is 2. The van der Waals surface area contributed by atoms with Gasteiger partial charge in [-0.05, 0) is 6.92 Å². The van der Waals surface area contributed by atoms with E-state index in [2.05, 4.69) is 0 Å². The van der Waals surface area contributed by atoms with Crippen molar-refractivity contribution in [2.24, 2.45) is 5.84 Å². The van der Waals surface area contributed by atoms with Crippen molar-refractivity contribution in [1.82, 2.24) is 9.91 Å². The van der Waals surface area contributed by atoms with Gasteiger partial charge in [-0.2, -0.15) is 0 Å². The predicted molar refractivity (Wildman–Crippen MR) is 40.8 cm³/mol. The van der Waals surface area contributed by atoms with Crippen LogP contribution in [-0.2, 0) is 0 Å². The number of hydrogen-bond donors (Lipinski definition) is 1. The van der Waals surface area contributed by atoms with Crippen LogP contribution in [0.4, 0.5) is 4.79 Å². The quantitative estimate of drug-likeness (QED) is 0.407. The van der Waals surface area contributed by atoms with Gasteiger partial charge in [-0.3, -0.25) is 5.01 Å². The molecule has 10 heavy (non-hydrogen) atoms. The Labute approximate surface area is 66.3 Å². The second-order valence-electron chi connectivity index (χ2n) is 2.39. The fraction of sp³-hybridized carbons (Fsp3) is 0.800. The van der Waals surface area contributed by atoms with Crippen LogP contribution in [0, 0.1) is 0 Å². The Hall–Kier alpha value is -0.480. The first-order valence-corrected chi connectivity index (χ1v) is 2.92. The molecule has 5 heteroatoms. The lowest BCUT2D eigenvalue weighted by atomic mass is 10.3. The summed E-state index contributed by atoms with van der Waals surface area (Å²) in [7, 11) is 1.75. The van der Waals surface area contributed by atoms with Gasteiger partial charge in [0.05, 0.1) is 6.54 Å². The van der Waals surface area contributed by atoms with Gasteiger partial charge in [-0.1, -0.05) is 0 Å². The molecule has 0 saturated carbocycles. The molecule has 0 radical (unpaired) electrons. The highest BCUT2D eigenvalue weighted by Crippen LogP contribution is 2.07. The molecule has 1 heterocycles. The first kappa shape index (κ1) is 9.52. The molecule has 2 N–H and O–H groups in total. The summed E-state index contributed by atoms with van der Waals surface area (Å²) in [4.78, 5) is 12.5. The molecule has 0 aliphatic carbocycles. The summed E-state index contributed by atoms with van der Waals surface area (Å²) in [5.74, 6) is 5.30. The van der Waals surface area contributed by atoms with Gasteiger partial charge >= 0.3 is 6.03 Å². The van der Waals surface area contributed by atoms with Crippen molar-refractivity contribution in [2.45, 2.75) is 13.0 Å². The number of halogens is 1. The molecule has 1 atom stereocenters. The van der Waals surface area contributed by atoms with Crippen molar-refractivity contribution in [1.29, 1.82) is 0 Å². The maximum atomic E-state index is 10.8. The van der Waals surface area contributed by atoms with Gasteiger partial charge in [0.15, 0.2) is 0 Å². The van der Waals surface area contributed by atoms with E-state index in [0.717, 1.165) is 0 Å². The van der Waals surface area contributed by atoms with Crippen molar-refractivity contribution < 1.29 is 4.79 Å². The summed E-state index contributed by atoms with van der Waals surface area (Å²) in [6, 6.07) is 0.157. The molecule has 1 unspecified atom stereocenters. The van der Waals surface area contributed by atoms with Crippen LogP contribution in [0.15, 0.2) is 0 Å². The van der Waals surface area contributed by atoms with Crippen LogP contribution < -0.4 is 5.84 Å². The van der Waals surface area contributed by atoms with Gasteiger partial charge in [0.1, 0.15) is 0 Å². The van der Waals surface area contributed by atoms with E-state index in [4.69, 9.17) is 5.84 Å². The monoisotopic (exact) mass is 165 g/mol. The van der Waals surface area contributed by atoms with E-state index in [-0.39, 0.29) is 24.5 Å². The Morgan fingerprint density at radius 1 is 1.70 bits per heavy atom. The van der Waals surface area contributed by atoms with E-state index in [1.54, 1.807) is 11.9 Å². The zero-order valence-corrected chi connectivity index (χ0v) is 6.89.